The van der Waals surface area contributed by atoms with Gasteiger partial charge >= 0.3 is 0 Å². The molecule has 0 radical (unpaired) electrons. The maximum absolute atomic E-state index is 10.6. The third-order valence-electron chi connectivity index (χ3n) is 6.83. The zero-order chi connectivity index (χ0) is 23.3. The lowest BCUT2D eigenvalue weighted by Crippen LogP contribution is -2.43. The van der Waals surface area contributed by atoms with Crippen molar-refractivity contribution >= 4 is 0 Å². The van der Waals surface area contributed by atoms with Crippen molar-refractivity contribution in [3.05, 3.63) is 12.2 Å². The van der Waals surface area contributed by atoms with E-state index >= 15 is 0 Å². The lowest BCUT2D eigenvalue weighted by molar-refractivity contribution is -0.138. The summed E-state index contributed by atoms with van der Waals surface area (Å²) in [5.74, 6) is 0. The minimum absolute atomic E-state index is 0.356. The Kier molecular flexibility index (Phi) is 13.3. The fourth-order valence-corrected chi connectivity index (χ4v) is 4.68. The van der Waals surface area contributed by atoms with Gasteiger partial charge in [-0.2, -0.15) is 0 Å². The first kappa shape index (κ1) is 27.7. The molecule has 2 rings (SSSR count). The van der Waals surface area contributed by atoms with E-state index in [2.05, 4.69) is 13.0 Å². The van der Waals surface area contributed by atoms with Gasteiger partial charge in [-0.05, 0) is 51.4 Å². The summed E-state index contributed by atoms with van der Waals surface area (Å²) in [5, 5.41) is 50.0. The zero-order valence-corrected chi connectivity index (χ0v) is 19.7. The number of aliphatic hydroxyl groups is 5. The molecule has 0 aromatic rings. The molecule has 8 atom stereocenters. The van der Waals surface area contributed by atoms with Gasteiger partial charge in [0, 0.05) is 0 Å². The van der Waals surface area contributed by atoms with Gasteiger partial charge in [-0.3, -0.25) is 0 Å². The molecule has 2 aliphatic heterocycles. The highest BCUT2D eigenvalue weighted by molar-refractivity contribution is 4.97. The van der Waals surface area contributed by atoms with Crippen LogP contribution in [0.25, 0.3) is 0 Å². The molecule has 0 amide bonds. The van der Waals surface area contributed by atoms with Crippen LogP contribution < -0.4 is 0 Å². The quantitative estimate of drug-likeness (QED) is 0.189. The molecule has 188 valence electrons. The second-order valence-electron chi connectivity index (χ2n) is 9.52. The van der Waals surface area contributed by atoms with Crippen LogP contribution in [0.2, 0.25) is 0 Å². The summed E-state index contributed by atoms with van der Waals surface area (Å²) in [6, 6.07) is 0. The van der Waals surface area contributed by atoms with Crippen molar-refractivity contribution in [2.24, 2.45) is 0 Å². The van der Waals surface area contributed by atoms with Crippen molar-refractivity contribution in [1.82, 2.24) is 0 Å². The molecule has 0 aliphatic carbocycles. The van der Waals surface area contributed by atoms with Gasteiger partial charge in [0.15, 0.2) is 0 Å². The first-order chi connectivity index (χ1) is 15.5. The zero-order valence-electron chi connectivity index (χ0n) is 19.7. The third-order valence-corrected chi connectivity index (χ3v) is 6.83. The van der Waals surface area contributed by atoms with Gasteiger partial charge in [-0.1, -0.05) is 51.2 Å². The van der Waals surface area contributed by atoms with Crippen molar-refractivity contribution in [3.8, 4) is 0 Å². The van der Waals surface area contributed by atoms with E-state index < -0.39 is 36.6 Å². The molecule has 0 aromatic carbocycles. The predicted octanol–water partition coefficient (Wildman–Crippen LogP) is 2.60. The Morgan fingerprint density at radius 3 is 2.00 bits per heavy atom. The van der Waals surface area contributed by atoms with Gasteiger partial charge in [0.2, 0.25) is 0 Å². The Labute approximate surface area is 193 Å². The molecular weight excluding hydrogens is 412 g/mol. The predicted molar refractivity (Wildman–Crippen MR) is 123 cm³/mol. The van der Waals surface area contributed by atoms with Crippen LogP contribution in [-0.4, -0.2) is 81.0 Å². The number of hydrogen-bond donors (Lipinski definition) is 5. The van der Waals surface area contributed by atoms with Gasteiger partial charge in [-0.15, -0.1) is 0 Å². The van der Waals surface area contributed by atoms with E-state index in [1.54, 1.807) is 0 Å². The van der Waals surface area contributed by atoms with Gasteiger partial charge in [0.05, 0.1) is 43.2 Å². The summed E-state index contributed by atoms with van der Waals surface area (Å²) in [6.07, 6.45) is 11.1. The van der Waals surface area contributed by atoms with Crippen molar-refractivity contribution in [2.75, 3.05) is 6.61 Å². The van der Waals surface area contributed by atoms with Gasteiger partial charge < -0.3 is 35.0 Å². The first-order valence-corrected chi connectivity index (χ1v) is 12.8. The minimum atomic E-state index is -0.925. The first-order valence-electron chi connectivity index (χ1n) is 12.8. The Balaban J connectivity index is 1.67. The summed E-state index contributed by atoms with van der Waals surface area (Å²) >= 11 is 0. The standard InChI is InChI=1S/C25H46O7/c1-2-3-4-5-6-7-8-9-10-22-20(29)13-14-23(31-22)18(27)11-12-19(28)24-15-16-25(32-24)21(30)17-26/h9-10,18-30H,2-8,11-17H2,1H3/b10-9-/t18-,19-,20+,21+,22-,23-,24-,25-/m0/s1. The minimum Gasteiger partial charge on any atom is -0.394 e. The molecule has 2 fully saturated rings. The lowest BCUT2D eigenvalue weighted by atomic mass is 9.94. The Morgan fingerprint density at radius 1 is 0.781 bits per heavy atom. The summed E-state index contributed by atoms with van der Waals surface area (Å²) < 4.78 is 11.6. The summed E-state index contributed by atoms with van der Waals surface area (Å²) in [7, 11) is 0. The highest BCUT2D eigenvalue weighted by atomic mass is 16.5. The van der Waals surface area contributed by atoms with Crippen molar-refractivity contribution < 1.29 is 35.0 Å². The van der Waals surface area contributed by atoms with E-state index in [1.165, 1.54) is 32.1 Å². The van der Waals surface area contributed by atoms with Crippen LogP contribution in [0.15, 0.2) is 12.2 Å². The van der Waals surface area contributed by atoms with Crippen LogP contribution in [-0.2, 0) is 9.47 Å². The smallest absolute Gasteiger partial charge is 0.103 e. The molecular formula is C25H46O7. The van der Waals surface area contributed by atoms with Gasteiger partial charge in [-0.25, -0.2) is 0 Å². The van der Waals surface area contributed by atoms with E-state index in [1.807, 2.05) is 6.08 Å². The molecule has 0 aromatic heterocycles. The Bertz CT molecular complexity index is 515. The Hall–Kier alpha value is -0.540. The molecule has 7 heteroatoms. The number of aliphatic hydroxyl groups excluding tert-OH is 5. The van der Waals surface area contributed by atoms with Crippen LogP contribution in [0.1, 0.15) is 90.4 Å². The molecule has 0 saturated carbocycles. The summed E-state index contributed by atoms with van der Waals surface area (Å²) in [6.45, 7) is 1.86. The molecule has 32 heavy (non-hydrogen) atoms. The Morgan fingerprint density at radius 2 is 1.34 bits per heavy atom. The number of ether oxygens (including phenoxy) is 2. The average molecular weight is 459 g/mol. The highest BCUT2D eigenvalue weighted by Crippen LogP contribution is 2.28. The fourth-order valence-electron chi connectivity index (χ4n) is 4.68. The summed E-state index contributed by atoms with van der Waals surface area (Å²) in [4.78, 5) is 0. The monoisotopic (exact) mass is 458 g/mol. The molecule has 7 nitrogen and oxygen atoms in total. The SMILES string of the molecule is CCCCCCCC/C=C\[C@@H]1O[C@H]([C@@H](O)CC[C@H](O)[C@@H]2CC[C@@H]([C@H](O)CO)O2)CC[C@H]1O. The van der Waals surface area contributed by atoms with Crippen LogP contribution in [0.3, 0.4) is 0 Å². The number of hydrogen-bond acceptors (Lipinski definition) is 7. The van der Waals surface area contributed by atoms with E-state index in [0.29, 0.717) is 38.5 Å². The normalized spacial score (nSPS) is 31.8. The van der Waals surface area contributed by atoms with Crippen molar-refractivity contribution in [3.63, 3.8) is 0 Å². The lowest BCUT2D eigenvalue weighted by Gasteiger charge is -2.35. The van der Waals surface area contributed by atoms with E-state index in [9.17, 15) is 20.4 Å². The summed E-state index contributed by atoms with van der Waals surface area (Å²) in [5.41, 5.74) is 0. The maximum atomic E-state index is 10.6. The van der Waals surface area contributed by atoms with Crippen molar-refractivity contribution in [2.45, 2.75) is 139 Å². The molecule has 2 heterocycles. The largest absolute Gasteiger partial charge is 0.394 e. The molecule has 0 bridgehead atoms. The number of unbranched alkanes of at least 4 members (excludes halogenated alkanes) is 6. The third kappa shape index (κ3) is 9.37. The van der Waals surface area contributed by atoms with E-state index in [-0.39, 0.29) is 18.8 Å². The van der Waals surface area contributed by atoms with E-state index in [0.717, 1.165) is 12.8 Å². The molecule has 0 unspecified atom stereocenters. The molecule has 0 spiro atoms. The van der Waals surface area contributed by atoms with Crippen LogP contribution in [0.4, 0.5) is 0 Å². The molecule has 5 N–H and O–H groups in total. The van der Waals surface area contributed by atoms with Gasteiger partial charge in [0.1, 0.15) is 12.2 Å². The van der Waals surface area contributed by atoms with Crippen molar-refractivity contribution in [1.29, 1.82) is 0 Å². The molecule has 2 aliphatic rings. The molecule has 2 saturated heterocycles. The number of rotatable bonds is 15. The van der Waals surface area contributed by atoms with Crippen LogP contribution >= 0.6 is 0 Å². The highest BCUT2D eigenvalue weighted by Gasteiger charge is 2.36. The second kappa shape index (κ2) is 15.4. The average Bonchev–Trinajstić information content (AvgIpc) is 3.30. The number of allylic oxidation sites excluding steroid dienone is 1. The second-order valence-corrected chi connectivity index (χ2v) is 9.52. The fraction of sp³-hybridized carbons (Fsp3) is 0.920. The topological polar surface area (TPSA) is 120 Å². The maximum Gasteiger partial charge on any atom is 0.103 e. The van der Waals surface area contributed by atoms with Crippen LogP contribution in [0, 0.1) is 0 Å². The van der Waals surface area contributed by atoms with E-state index in [4.69, 9.17) is 14.6 Å². The van der Waals surface area contributed by atoms with Crippen LogP contribution in [0.5, 0.6) is 0 Å². The van der Waals surface area contributed by atoms with Gasteiger partial charge in [0.25, 0.3) is 0 Å².